The van der Waals surface area contributed by atoms with Crippen molar-refractivity contribution in [1.82, 2.24) is 9.88 Å². The molecule has 2 atom stereocenters. The molecule has 152 valence electrons. The fourth-order valence-corrected chi connectivity index (χ4v) is 5.04. The van der Waals surface area contributed by atoms with E-state index in [1.807, 2.05) is 13.0 Å². The van der Waals surface area contributed by atoms with E-state index in [2.05, 4.69) is 4.98 Å². The maximum atomic E-state index is 13.4. The number of hydrogen-bond acceptors (Lipinski definition) is 6. The molecule has 1 fully saturated rings. The number of aryl methyl sites for hydroxylation is 2. The van der Waals surface area contributed by atoms with Crippen molar-refractivity contribution in [3.8, 4) is 0 Å². The number of aliphatic hydroxyl groups is 1. The molecule has 0 aliphatic carbocycles. The maximum Gasteiger partial charge on any atom is 0.290 e. The SMILES string of the molecule is Cc1nc(C)c(C(=O)C2=C(O)C(=O)N(CC3CCCO3)C2c2cccc(Cl)c2)s1. The lowest BCUT2D eigenvalue weighted by atomic mass is 9.95. The molecule has 2 aliphatic heterocycles. The third-order valence-corrected chi connectivity index (χ3v) is 6.55. The van der Waals surface area contributed by atoms with Crippen molar-refractivity contribution < 1.29 is 19.4 Å². The lowest BCUT2D eigenvalue weighted by Crippen LogP contribution is -2.37. The average Bonchev–Trinajstić information content (AvgIpc) is 3.37. The van der Waals surface area contributed by atoms with Crippen molar-refractivity contribution in [3.05, 3.63) is 61.8 Å². The Hall–Kier alpha value is -2.22. The summed E-state index contributed by atoms with van der Waals surface area (Å²) in [6.07, 6.45) is 1.65. The minimum atomic E-state index is -0.722. The van der Waals surface area contributed by atoms with Gasteiger partial charge in [-0.15, -0.1) is 11.3 Å². The minimum absolute atomic E-state index is 0.0713. The van der Waals surface area contributed by atoms with Gasteiger partial charge in [0, 0.05) is 18.2 Å². The Bertz CT molecular complexity index is 1010. The van der Waals surface area contributed by atoms with E-state index >= 15 is 0 Å². The molecule has 0 bridgehead atoms. The molecule has 0 saturated carbocycles. The summed E-state index contributed by atoms with van der Waals surface area (Å²) in [5.41, 5.74) is 1.34. The summed E-state index contributed by atoms with van der Waals surface area (Å²) in [7, 11) is 0. The van der Waals surface area contributed by atoms with Crippen molar-refractivity contribution in [2.24, 2.45) is 0 Å². The van der Waals surface area contributed by atoms with Crippen LogP contribution in [-0.2, 0) is 9.53 Å². The van der Waals surface area contributed by atoms with Crippen molar-refractivity contribution >= 4 is 34.6 Å². The quantitative estimate of drug-likeness (QED) is 0.717. The number of nitrogens with zero attached hydrogens (tertiary/aromatic N) is 2. The number of aromatic nitrogens is 1. The summed E-state index contributed by atoms with van der Waals surface area (Å²) in [5, 5.41) is 12.0. The van der Waals surface area contributed by atoms with Gasteiger partial charge in [-0.25, -0.2) is 4.98 Å². The Morgan fingerprint density at radius 3 is 2.83 bits per heavy atom. The Morgan fingerprint density at radius 1 is 1.41 bits per heavy atom. The highest BCUT2D eigenvalue weighted by atomic mass is 35.5. The highest BCUT2D eigenvalue weighted by Gasteiger charge is 2.45. The first-order valence-corrected chi connectivity index (χ1v) is 10.7. The number of ketones is 1. The summed E-state index contributed by atoms with van der Waals surface area (Å²) in [6.45, 7) is 4.53. The summed E-state index contributed by atoms with van der Waals surface area (Å²) in [4.78, 5) is 32.6. The van der Waals surface area contributed by atoms with E-state index < -0.39 is 17.7 Å². The van der Waals surface area contributed by atoms with Crippen LogP contribution in [0.3, 0.4) is 0 Å². The zero-order valence-corrected chi connectivity index (χ0v) is 17.7. The molecular formula is C21H21ClN2O4S. The zero-order valence-electron chi connectivity index (χ0n) is 16.1. The number of Topliss-reactive ketones (excluding diaryl/α,β-unsaturated/α-hetero) is 1. The summed E-state index contributed by atoms with van der Waals surface area (Å²) < 4.78 is 5.70. The van der Waals surface area contributed by atoms with Crippen molar-refractivity contribution in [2.75, 3.05) is 13.2 Å². The smallest absolute Gasteiger partial charge is 0.290 e. The Morgan fingerprint density at radius 2 is 2.21 bits per heavy atom. The van der Waals surface area contributed by atoms with Crippen LogP contribution < -0.4 is 0 Å². The molecule has 1 aromatic heterocycles. The molecule has 8 heteroatoms. The number of amides is 1. The zero-order chi connectivity index (χ0) is 20.7. The molecule has 1 N–H and O–H groups in total. The molecule has 1 saturated heterocycles. The largest absolute Gasteiger partial charge is 0.503 e. The molecule has 4 rings (SSSR count). The van der Waals surface area contributed by atoms with E-state index in [9.17, 15) is 14.7 Å². The first-order valence-electron chi connectivity index (χ1n) is 9.46. The molecule has 29 heavy (non-hydrogen) atoms. The molecule has 2 aromatic rings. The second-order valence-corrected chi connectivity index (χ2v) is 8.93. The monoisotopic (exact) mass is 432 g/mol. The van der Waals surface area contributed by atoms with E-state index in [1.165, 1.54) is 16.2 Å². The number of hydrogen-bond donors (Lipinski definition) is 1. The fourth-order valence-electron chi connectivity index (χ4n) is 3.97. The molecule has 3 heterocycles. The lowest BCUT2D eigenvalue weighted by molar-refractivity contribution is -0.131. The number of carbonyl (C=O) groups is 2. The Labute approximate surface area is 177 Å². The molecule has 2 aliphatic rings. The van der Waals surface area contributed by atoms with Crippen LogP contribution in [0.15, 0.2) is 35.6 Å². The molecule has 2 unspecified atom stereocenters. The van der Waals surface area contributed by atoms with Gasteiger partial charge in [0.25, 0.3) is 5.91 Å². The Balaban J connectivity index is 1.79. The number of rotatable bonds is 5. The van der Waals surface area contributed by atoms with E-state index in [1.54, 1.807) is 25.1 Å². The van der Waals surface area contributed by atoms with Gasteiger partial charge in [-0.1, -0.05) is 23.7 Å². The van der Waals surface area contributed by atoms with Gasteiger partial charge < -0.3 is 14.7 Å². The van der Waals surface area contributed by atoms with E-state index in [0.29, 0.717) is 34.3 Å². The predicted molar refractivity (Wildman–Crippen MR) is 110 cm³/mol. The van der Waals surface area contributed by atoms with Crippen LogP contribution in [0.5, 0.6) is 0 Å². The van der Waals surface area contributed by atoms with Crippen LogP contribution in [0.2, 0.25) is 5.02 Å². The van der Waals surface area contributed by atoms with Gasteiger partial charge in [0.2, 0.25) is 5.78 Å². The number of benzene rings is 1. The Kier molecular flexibility index (Phi) is 5.46. The van der Waals surface area contributed by atoms with E-state index in [0.717, 1.165) is 17.8 Å². The number of carbonyl (C=O) groups excluding carboxylic acids is 2. The summed E-state index contributed by atoms with van der Waals surface area (Å²) in [5.74, 6) is -1.45. The second-order valence-electron chi connectivity index (χ2n) is 7.29. The van der Waals surface area contributed by atoms with Gasteiger partial charge in [-0.05, 0) is 44.4 Å². The van der Waals surface area contributed by atoms with Gasteiger partial charge in [0.1, 0.15) is 0 Å². The molecule has 0 radical (unpaired) electrons. The van der Waals surface area contributed by atoms with E-state index in [-0.39, 0.29) is 17.5 Å². The van der Waals surface area contributed by atoms with Crippen LogP contribution in [0.25, 0.3) is 0 Å². The first-order chi connectivity index (χ1) is 13.9. The fraction of sp³-hybridized carbons (Fsp3) is 0.381. The normalized spacial score (nSPS) is 22.0. The molecule has 6 nitrogen and oxygen atoms in total. The number of ether oxygens (including phenoxy) is 1. The average molecular weight is 433 g/mol. The van der Waals surface area contributed by atoms with Gasteiger partial charge in [0.15, 0.2) is 5.76 Å². The molecule has 0 spiro atoms. The topological polar surface area (TPSA) is 79.7 Å². The van der Waals surface area contributed by atoms with Crippen molar-refractivity contribution in [3.63, 3.8) is 0 Å². The lowest BCUT2D eigenvalue weighted by Gasteiger charge is -2.29. The predicted octanol–water partition coefficient (Wildman–Crippen LogP) is 4.17. The molecular weight excluding hydrogens is 412 g/mol. The highest BCUT2D eigenvalue weighted by molar-refractivity contribution is 7.14. The van der Waals surface area contributed by atoms with Gasteiger partial charge >= 0.3 is 0 Å². The molecule has 1 aromatic carbocycles. The van der Waals surface area contributed by atoms with E-state index in [4.69, 9.17) is 16.3 Å². The molecule has 1 amide bonds. The van der Waals surface area contributed by atoms with Crippen LogP contribution in [0.4, 0.5) is 0 Å². The highest BCUT2D eigenvalue weighted by Crippen LogP contribution is 2.41. The first kappa shape index (κ1) is 20.1. The number of aliphatic hydroxyl groups excluding tert-OH is 1. The number of thiazole rings is 1. The van der Waals surface area contributed by atoms with Crippen LogP contribution in [0, 0.1) is 13.8 Å². The summed E-state index contributed by atoms with van der Waals surface area (Å²) in [6, 6.07) is 6.31. The van der Waals surface area contributed by atoms with Crippen LogP contribution in [-0.4, -0.2) is 45.9 Å². The summed E-state index contributed by atoms with van der Waals surface area (Å²) >= 11 is 7.45. The van der Waals surface area contributed by atoms with Crippen LogP contribution in [0.1, 0.15) is 44.8 Å². The van der Waals surface area contributed by atoms with Crippen molar-refractivity contribution in [2.45, 2.75) is 38.8 Å². The van der Waals surface area contributed by atoms with Gasteiger partial charge in [-0.3, -0.25) is 9.59 Å². The number of halogens is 1. The third kappa shape index (κ3) is 3.70. The van der Waals surface area contributed by atoms with Gasteiger partial charge in [0.05, 0.1) is 33.3 Å². The maximum absolute atomic E-state index is 13.4. The third-order valence-electron chi connectivity index (χ3n) is 5.25. The second kappa shape index (κ2) is 7.89. The van der Waals surface area contributed by atoms with Crippen LogP contribution >= 0.6 is 22.9 Å². The van der Waals surface area contributed by atoms with Gasteiger partial charge in [-0.2, -0.15) is 0 Å². The minimum Gasteiger partial charge on any atom is -0.503 e. The standard InChI is InChI=1S/C21H21ClN2O4S/c1-11-20(29-12(2)23-11)18(25)16-17(13-5-3-6-14(22)9-13)24(21(27)19(16)26)10-15-7-4-8-28-15/h3,5-6,9,15,17,26H,4,7-8,10H2,1-2H3. The van der Waals surface area contributed by atoms with Crippen molar-refractivity contribution in [1.29, 1.82) is 0 Å².